The molecule has 3 nitrogen and oxygen atoms in total. The lowest BCUT2D eigenvalue weighted by Gasteiger charge is -2.26. The highest BCUT2D eigenvalue weighted by Crippen LogP contribution is 2.32. The Morgan fingerprint density at radius 3 is 2.90 bits per heavy atom. The van der Waals surface area contributed by atoms with E-state index in [-0.39, 0.29) is 5.97 Å². The molecule has 1 aliphatic rings. The van der Waals surface area contributed by atoms with E-state index in [1.54, 1.807) is 6.92 Å². The summed E-state index contributed by atoms with van der Waals surface area (Å²) in [5, 5.41) is 0. The molecular weight excluding hydrogens is 330 g/mol. The van der Waals surface area contributed by atoms with Gasteiger partial charge in [0.1, 0.15) is 0 Å². The maximum atomic E-state index is 11.8. The Kier molecular flexibility index (Phi) is 5.45. The van der Waals surface area contributed by atoms with E-state index in [0.717, 1.165) is 16.6 Å². The number of carbonyl (C=O) groups excluding carboxylic acids is 1. The van der Waals surface area contributed by atoms with Crippen molar-refractivity contribution in [2.75, 3.05) is 18.1 Å². The van der Waals surface area contributed by atoms with Crippen molar-refractivity contribution in [1.29, 1.82) is 0 Å². The lowest BCUT2D eigenvalue weighted by Crippen LogP contribution is -2.26. The molecule has 0 bridgehead atoms. The van der Waals surface area contributed by atoms with Crippen LogP contribution in [0.4, 0.5) is 5.69 Å². The third-order valence-electron chi connectivity index (χ3n) is 3.82. The molecule has 0 radical (unpaired) electrons. The zero-order valence-corrected chi connectivity index (χ0v) is 14.4. The van der Waals surface area contributed by atoms with Gasteiger partial charge >= 0.3 is 5.97 Å². The lowest BCUT2D eigenvalue weighted by molar-refractivity contribution is -0.138. The van der Waals surface area contributed by atoms with Crippen LogP contribution in [0.1, 0.15) is 39.2 Å². The second kappa shape index (κ2) is 7.12. The largest absolute Gasteiger partial charge is 0.463 e. The van der Waals surface area contributed by atoms with Gasteiger partial charge in [0.05, 0.1) is 6.61 Å². The molecule has 21 heavy (non-hydrogen) atoms. The summed E-state index contributed by atoms with van der Waals surface area (Å²) in [7, 11) is 0. The van der Waals surface area contributed by atoms with Gasteiger partial charge in [0.15, 0.2) is 0 Å². The number of hydrogen-bond acceptors (Lipinski definition) is 3. The monoisotopic (exact) mass is 351 g/mol. The zero-order chi connectivity index (χ0) is 15.4. The molecule has 2 rings (SSSR count). The van der Waals surface area contributed by atoms with Gasteiger partial charge in [0, 0.05) is 28.3 Å². The highest BCUT2D eigenvalue weighted by atomic mass is 79.9. The number of anilines is 1. The number of benzene rings is 1. The summed E-state index contributed by atoms with van der Waals surface area (Å²) in [5.41, 5.74) is 2.87. The first-order valence-corrected chi connectivity index (χ1v) is 8.24. The Labute approximate surface area is 135 Å². The van der Waals surface area contributed by atoms with E-state index in [2.05, 4.69) is 46.0 Å². The van der Waals surface area contributed by atoms with Crippen molar-refractivity contribution >= 4 is 33.7 Å². The molecule has 114 valence electrons. The van der Waals surface area contributed by atoms with Crippen LogP contribution in [0, 0.1) is 0 Å². The van der Waals surface area contributed by atoms with Crippen molar-refractivity contribution in [3.05, 3.63) is 33.8 Å². The first kappa shape index (κ1) is 16.1. The topological polar surface area (TPSA) is 29.5 Å². The van der Waals surface area contributed by atoms with E-state index in [1.807, 2.05) is 13.0 Å². The molecule has 1 aromatic rings. The van der Waals surface area contributed by atoms with E-state index in [4.69, 9.17) is 4.74 Å². The third-order valence-corrected chi connectivity index (χ3v) is 4.31. The Morgan fingerprint density at radius 1 is 1.52 bits per heavy atom. The Hall–Kier alpha value is -1.29. The fourth-order valence-corrected chi connectivity index (χ4v) is 3.11. The highest BCUT2D eigenvalue weighted by molar-refractivity contribution is 9.10. The van der Waals surface area contributed by atoms with Crippen LogP contribution in [0.15, 0.2) is 28.2 Å². The van der Waals surface area contributed by atoms with Crippen molar-refractivity contribution < 1.29 is 9.53 Å². The maximum Gasteiger partial charge on any atom is 0.333 e. The molecule has 1 aliphatic heterocycles. The molecule has 0 aromatic heterocycles. The fraction of sp³-hybridized carbons (Fsp3) is 0.471. The maximum absolute atomic E-state index is 11.8. The molecule has 0 aliphatic carbocycles. The minimum absolute atomic E-state index is 0.252. The Bertz CT molecular complexity index is 554. The van der Waals surface area contributed by atoms with Crippen LogP contribution in [0.5, 0.6) is 0 Å². The van der Waals surface area contributed by atoms with Gasteiger partial charge < -0.3 is 9.64 Å². The molecule has 1 fully saturated rings. The van der Waals surface area contributed by atoms with Crippen LogP contribution in [0.25, 0.3) is 6.08 Å². The number of nitrogens with zero attached hydrogens (tertiary/aromatic N) is 1. The quantitative estimate of drug-likeness (QED) is 0.594. The van der Waals surface area contributed by atoms with Crippen molar-refractivity contribution in [3.63, 3.8) is 0 Å². The molecular formula is C17H22BrNO2. The zero-order valence-electron chi connectivity index (χ0n) is 12.9. The van der Waals surface area contributed by atoms with Crippen molar-refractivity contribution in [1.82, 2.24) is 0 Å². The summed E-state index contributed by atoms with van der Waals surface area (Å²) in [4.78, 5) is 14.2. The van der Waals surface area contributed by atoms with E-state index in [0.29, 0.717) is 18.2 Å². The standard InChI is InChI=1S/C17H22BrNO2/c1-4-21-17(20)12(2)10-14-11-15(18)7-8-16(14)19-9-5-6-13(19)3/h7-8,10-11,13H,4-6,9H2,1-3H3/b12-10+. The molecule has 1 unspecified atom stereocenters. The Balaban J connectivity index is 2.35. The molecule has 0 N–H and O–H groups in total. The number of carbonyl (C=O) groups is 1. The van der Waals surface area contributed by atoms with E-state index in [9.17, 15) is 4.79 Å². The van der Waals surface area contributed by atoms with Crippen molar-refractivity contribution in [3.8, 4) is 0 Å². The minimum atomic E-state index is -0.252. The van der Waals surface area contributed by atoms with Gasteiger partial charge in [-0.3, -0.25) is 0 Å². The predicted molar refractivity (Wildman–Crippen MR) is 90.5 cm³/mol. The summed E-state index contributed by atoms with van der Waals surface area (Å²) in [6.07, 6.45) is 4.36. The predicted octanol–water partition coefficient (Wildman–Crippen LogP) is 4.40. The second-order valence-electron chi connectivity index (χ2n) is 5.44. The second-order valence-corrected chi connectivity index (χ2v) is 6.35. The normalized spacial score (nSPS) is 19.0. The SMILES string of the molecule is CCOC(=O)/C(C)=C/c1cc(Br)ccc1N1CCCC1C. The van der Waals surface area contributed by atoms with Gasteiger partial charge in [0.25, 0.3) is 0 Å². The van der Waals surface area contributed by atoms with Crippen molar-refractivity contribution in [2.24, 2.45) is 0 Å². The van der Waals surface area contributed by atoms with Gasteiger partial charge in [-0.25, -0.2) is 4.79 Å². The smallest absolute Gasteiger partial charge is 0.333 e. The van der Waals surface area contributed by atoms with Crippen LogP contribution >= 0.6 is 15.9 Å². The van der Waals surface area contributed by atoms with Gasteiger partial charge in [-0.15, -0.1) is 0 Å². The first-order chi connectivity index (χ1) is 10.0. The van der Waals surface area contributed by atoms with Crippen LogP contribution in [0.2, 0.25) is 0 Å². The lowest BCUT2D eigenvalue weighted by atomic mass is 10.1. The molecule has 1 aromatic carbocycles. The molecule has 1 saturated heterocycles. The van der Waals surface area contributed by atoms with E-state index in [1.165, 1.54) is 18.5 Å². The van der Waals surface area contributed by atoms with Gasteiger partial charge in [-0.1, -0.05) is 15.9 Å². The summed E-state index contributed by atoms with van der Waals surface area (Å²) in [6.45, 7) is 7.35. The van der Waals surface area contributed by atoms with Crippen LogP contribution in [-0.2, 0) is 9.53 Å². The average Bonchev–Trinajstić information content (AvgIpc) is 2.85. The van der Waals surface area contributed by atoms with Crippen LogP contribution < -0.4 is 4.90 Å². The van der Waals surface area contributed by atoms with Gasteiger partial charge in [-0.2, -0.15) is 0 Å². The molecule has 1 atom stereocenters. The summed E-state index contributed by atoms with van der Waals surface area (Å²) < 4.78 is 6.07. The van der Waals surface area contributed by atoms with E-state index >= 15 is 0 Å². The molecule has 0 amide bonds. The fourth-order valence-electron chi connectivity index (χ4n) is 2.73. The number of hydrogen-bond donors (Lipinski definition) is 0. The first-order valence-electron chi connectivity index (χ1n) is 7.44. The summed E-state index contributed by atoms with van der Waals surface area (Å²) in [5.74, 6) is -0.252. The minimum Gasteiger partial charge on any atom is -0.463 e. The number of halogens is 1. The summed E-state index contributed by atoms with van der Waals surface area (Å²) >= 11 is 3.51. The molecule has 4 heteroatoms. The molecule has 0 saturated carbocycles. The van der Waals surface area contributed by atoms with Crippen molar-refractivity contribution in [2.45, 2.75) is 39.7 Å². The number of ether oxygens (including phenoxy) is 1. The molecule has 1 heterocycles. The van der Waals surface area contributed by atoms with Crippen LogP contribution in [0.3, 0.4) is 0 Å². The average molecular weight is 352 g/mol. The summed E-state index contributed by atoms with van der Waals surface area (Å²) in [6, 6.07) is 6.78. The van der Waals surface area contributed by atoms with Gasteiger partial charge in [0.2, 0.25) is 0 Å². The number of rotatable bonds is 4. The Morgan fingerprint density at radius 2 is 2.29 bits per heavy atom. The van der Waals surface area contributed by atoms with Crippen LogP contribution in [-0.4, -0.2) is 25.2 Å². The third kappa shape index (κ3) is 3.88. The highest BCUT2D eigenvalue weighted by Gasteiger charge is 2.22. The molecule has 0 spiro atoms. The number of esters is 1. The van der Waals surface area contributed by atoms with E-state index < -0.39 is 0 Å². The van der Waals surface area contributed by atoms with Gasteiger partial charge in [-0.05, 0) is 63.5 Å².